The predicted octanol–water partition coefficient (Wildman–Crippen LogP) is 3.39. The van der Waals surface area contributed by atoms with Gasteiger partial charge in [-0.1, -0.05) is 32.0 Å². The number of benzene rings is 1. The van der Waals surface area contributed by atoms with Crippen LogP contribution < -0.4 is 15.4 Å². The highest BCUT2D eigenvalue weighted by Crippen LogP contribution is 2.61. The van der Waals surface area contributed by atoms with Crippen LogP contribution >= 0.6 is 0 Å². The van der Waals surface area contributed by atoms with Crippen molar-refractivity contribution >= 4 is 12.0 Å². The minimum Gasteiger partial charge on any atom is -0.496 e. The number of carbonyl (C=O) groups excluding carboxylic acids is 2. The molecule has 2 aliphatic rings. The minimum atomic E-state index is -0.659. The summed E-state index contributed by atoms with van der Waals surface area (Å²) in [6.07, 6.45) is 1.22. The van der Waals surface area contributed by atoms with Gasteiger partial charge in [-0.3, -0.25) is 4.79 Å². The lowest BCUT2D eigenvalue weighted by atomic mass is 9.46. The molecule has 8 nitrogen and oxygen atoms in total. The van der Waals surface area contributed by atoms with Crippen LogP contribution in [0.2, 0.25) is 0 Å². The van der Waals surface area contributed by atoms with Gasteiger partial charge in [0.2, 0.25) is 5.91 Å². The van der Waals surface area contributed by atoms with Crippen LogP contribution in [-0.2, 0) is 16.1 Å². The van der Waals surface area contributed by atoms with Gasteiger partial charge in [-0.15, -0.1) is 0 Å². The molecule has 3 rings (SSSR count). The van der Waals surface area contributed by atoms with E-state index in [-0.39, 0.29) is 42.2 Å². The number of methoxy groups -OCH3 is 1. The highest BCUT2D eigenvalue weighted by atomic mass is 16.6. The highest BCUT2D eigenvalue weighted by molar-refractivity contribution is 5.76. The number of aliphatic hydroxyl groups excluding tert-OH is 2. The van der Waals surface area contributed by atoms with E-state index in [1.54, 1.807) is 7.11 Å². The van der Waals surface area contributed by atoms with Gasteiger partial charge < -0.3 is 30.3 Å². The third-order valence-corrected chi connectivity index (χ3v) is 8.41. The Morgan fingerprint density at radius 3 is 2.54 bits per heavy atom. The summed E-state index contributed by atoms with van der Waals surface area (Å²) in [6, 6.07) is 7.51. The Labute approximate surface area is 208 Å². The Morgan fingerprint density at radius 2 is 1.89 bits per heavy atom. The van der Waals surface area contributed by atoms with Gasteiger partial charge in [-0.05, 0) is 62.8 Å². The van der Waals surface area contributed by atoms with Gasteiger partial charge in [0.05, 0.1) is 19.8 Å². The second-order valence-corrected chi connectivity index (χ2v) is 11.0. The van der Waals surface area contributed by atoms with Crippen molar-refractivity contribution in [2.45, 2.75) is 84.6 Å². The van der Waals surface area contributed by atoms with Crippen LogP contribution in [0.1, 0.15) is 65.4 Å². The van der Waals surface area contributed by atoms with Crippen LogP contribution in [0.25, 0.3) is 0 Å². The molecule has 196 valence electrons. The van der Waals surface area contributed by atoms with Crippen molar-refractivity contribution < 1.29 is 29.3 Å². The summed E-state index contributed by atoms with van der Waals surface area (Å²) in [5.41, 5.74) is -0.138. The number of amides is 2. The molecule has 2 amide bonds. The summed E-state index contributed by atoms with van der Waals surface area (Å²) in [5.74, 6) is 0.342. The van der Waals surface area contributed by atoms with Crippen molar-refractivity contribution in [1.29, 1.82) is 0 Å². The fourth-order valence-electron chi connectivity index (χ4n) is 6.49. The summed E-state index contributed by atoms with van der Waals surface area (Å²) in [4.78, 5) is 25.3. The number of hydrogen-bond donors (Lipinski definition) is 4. The number of hydrogen-bond acceptors (Lipinski definition) is 6. The highest BCUT2D eigenvalue weighted by Gasteiger charge is 2.60. The molecule has 0 aliphatic heterocycles. The van der Waals surface area contributed by atoms with Crippen molar-refractivity contribution in [2.75, 3.05) is 13.7 Å². The van der Waals surface area contributed by atoms with Crippen molar-refractivity contribution in [1.82, 2.24) is 10.6 Å². The lowest BCUT2D eigenvalue weighted by Crippen LogP contribution is -2.61. The predicted molar refractivity (Wildman–Crippen MR) is 133 cm³/mol. The summed E-state index contributed by atoms with van der Waals surface area (Å²) in [7, 11) is 1.60. The molecular formula is C27H42N2O6. The van der Waals surface area contributed by atoms with Crippen LogP contribution in [0.4, 0.5) is 4.79 Å². The Morgan fingerprint density at radius 1 is 1.17 bits per heavy atom. The van der Waals surface area contributed by atoms with Gasteiger partial charge >= 0.3 is 6.09 Å². The van der Waals surface area contributed by atoms with Crippen LogP contribution in [-0.4, -0.2) is 54.2 Å². The fraction of sp³-hybridized carbons (Fsp3) is 0.704. The molecule has 0 heterocycles. The molecular weight excluding hydrogens is 448 g/mol. The third-order valence-electron chi connectivity index (χ3n) is 8.41. The summed E-state index contributed by atoms with van der Waals surface area (Å²) in [5, 5.41) is 27.2. The second-order valence-electron chi connectivity index (χ2n) is 11.0. The SMILES string of the molecule is COc1ccccc1CNC(=O)C[C@@H]1[C@H](O)CCC2[C@](C)(CO)[C@H](OC(=O)NC(C)C)CC[C@]21C. The van der Waals surface area contributed by atoms with E-state index in [1.165, 1.54) is 0 Å². The maximum Gasteiger partial charge on any atom is 0.407 e. The molecule has 0 aromatic heterocycles. The van der Waals surface area contributed by atoms with Gasteiger partial charge in [0.25, 0.3) is 0 Å². The number of para-hydroxylation sites is 1. The van der Waals surface area contributed by atoms with Gasteiger partial charge in [0.1, 0.15) is 11.9 Å². The van der Waals surface area contributed by atoms with Crippen LogP contribution in [0.3, 0.4) is 0 Å². The molecule has 2 aliphatic carbocycles. The smallest absolute Gasteiger partial charge is 0.407 e. The van der Waals surface area contributed by atoms with E-state index in [1.807, 2.05) is 45.0 Å². The number of nitrogens with one attached hydrogen (secondary N) is 2. The van der Waals surface area contributed by atoms with Gasteiger partial charge in [-0.2, -0.15) is 0 Å². The second kappa shape index (κ2) is 11.2. The number of ether oxygens (including phenoxy) is 2. The van der Waals surface area contributed by atoms with E-state index < -0.39 is 23.7 Å². The molecule has 2 saturated carbocycles. The van der Waals surface area contributed by atoms with Gasteiger partial charge in [0.15, 0.2) is 0 Å². The number of rotatable bonds is 8. The minimum absolute atomic E-state index is 0.000942. The summed E-state index contributed by atoms with van der Waals surface area (Å²) >= 11 is 0. The number of alkyl carbamates (subject to hydrolysis) is 1. The molecule has 0 spiro atoms. The first kappa shape index (κ1) is 27.3. The van der Waals surface area contributed by atoms with E-state index in [2.05, 4.69) is 17.6 Å². The molecule has 8 heteroatoms. The zero-order valence-electron chi connectivity index (χ0n) is 21.7. The summed E-state index contributed by atoms with van der Waals surface area (Å²) < 4.78 is 11.2. The van der Waals surface area contributed by atoms with Gasteiger partial charge in [-0.25, -0.2) is 4.79 Å². The molecule has 35 heavy (non-hydrogen) atoms. The third kappa shape index (κ3) is 5.75. The average Bonchev–Trinajstić information content (AvgIpc) is 2.81. The monoisotopic (exact) mass is 490 g/mol. The van der Waals surface area contributed by atoms with Crippen molar-refractivity contribution in [3.05, 3.63) is 29.8 Å². The molecule has 1 unspecified atom stereocenters. The van der Waals surface area contributed by atoms with Crippen molar-refractivity contribution in [3.8, 4) is 5.75 Å². The molecule has 6 atom stereocenters. The zero-order chi connectivity index (χ0) is 25.8. The topological polar surface area (TPSA) is 117 Å². The van der Waals surface area contributed by atoms with E-state index in [0.717, 1.165) is 11.3 Å². The fourth-order valence-corrected chi connectivity index (χ4v) is 6.49. The molecule has 0 saturated heterocycles. The van der Waals surface area contributed by atoms with E-state index >= 15 is 0 Å². The van der Waals surface area contributed by atoms with Crippen LogP contribution in [0.15, 0.2) is 24.3 Å². The van der Waals surface area contributed by atoms with E-state index in [9.17, 15) is 19.8 Å². The number of fused-ring (bicyclic) bond motifs is 1. The quantitative estimate of drug-likeness (QED) is 0.444. The molecule has 0 bridgehead atoms. The average molecular weight is 491 g/mol. The maximum absolute atomic E-state index is 13.0. The molecule has 1 aromatic rings. The molecule has 4 N–H and O–H groups in total. The zero-order valence-corrected chi connectivity index (χ0v) is 21.7. The lowest BCUT2D eigenvalue weighted by Gasteiger charge is -2.60. The Bertz CT molecular complexity index is 892. The van der Waals surface area contributed by atoms with E-state index in [0.29, 0.717) is 32.2 Å². The van der Waals surface area contributed by atoms with Crippen LogP contribution in [0, 0.1) is 22.7 Å². The first-order valence-electron chi connectivity index (χ1n) is 12.7. The molecule has 0 radical (unpaired) electrons. The van der Waals surface area contributed by atoms with Crippen molar-refractivity contribution in [2.24, 2.45) is 22.7 Å². The maximum atomic E-state index is 13.0. The normalized spacial score (nSPS) is 32.5. The number of aliphatic hydroxyl groups is 2. The first-order valence-corrected chi connectivity index (χ1v) is 12.7. The molecule has 1 aromatic carbocycles. The van der Waals surface area contributed by atoms with E-state index in [4.69, 9.17) is 9.47 Å². The van der Waals surface area contributed by atoms with Crippen molar-refractivity contribution in [3.63, 3.8) is 0 Å². The Hall–Kier alpha value is -2.32. The number of carbonyl (C=O) groups is 2. The standard InChI is InChI=1S/C27H42N2O6/c1-17(2)29-25(33)35-23-12-13-26(3)19(20(31)10-11-22(26)27(23,4)16-30)14-24(32)28-15-18-8-6-7-9-21(18)34-5/h6-9,17,19-20,22-23,30-31H,10-16H2,1-5H3,(H,28,32)(H,29,33)/t19-,20-,22?,23-,26+,27+/m1/s1. The van der Waals surface area contributed by atoms with Crippen LogP contribution in [0.5, 0.6) is 5.75 Å². The first-order chi connectivity index (χ1) is 16.5. The largest absolute Gasteiger partial charge is 0.496 e. The Balaban J connectivity index is 1.73. The molecule has 2 fully saturated rings. The lowest BCUT2D eigenvalue weighted by molar-refractivity contribution is -0.186. The Kier molecular flexibility index (Phi) is 8.70. The summed E-state index contributed by atoms with van der Waals surface area (Å²) in [6.45, 7) is 8.05. The van der Waals surface area contributed by atoms with Gasteiger partial charge in [0, 0.05) is 30.0 Å².